The van der Waals surface area contributed by atoms with Crippen LogP contribution in [0, 0.1) is 6.92 Å². The molecule has 0 spiro atoms. The molecule has 0 bridgehead atoms. The van der Waals surface area contributed by atoms with E-state index in [4.69, 9.17) is 20.9 Å². The minimum Gasteiger partial charge on any atom is -0.497 e. The largest absolute Gasteiger partial charge is 0.497 e. The second-order valence-corrected chi connectivity index (χ2v) is 5.03. The minimum atomic E-state index is 0.440. The zero-order valence-electron chi connectivity index (χ0n) is 11.6. The number of ether oxygens (including phenoxy) is 1. The first-order valence-corrected chi connectivity index (χ1v) is 6.80. The molecule has 0 aliphatic carbocycles. The Hall–Kier alpha value is -2.33. The topological polar surface area (TPSA) is 48.2 Å². The fraction of sp³-hybridized carbons (Fsp3) is 0.125. The standard InChI is InChI=1S/C16H13ClN2O2/c1-10-6-7-12(9-14(10)17)16-18-15(19-21-16)11-4-3-5-13(8-11)20-2/h3-9H,1-2H3. The highest BCUT2D eigenvalue weighted by Crippen LogP contribution is 2.27. The molecule has 0 unspecified atom stereocenters. The Kier molecular flexibility index (Phi) is 3.62. The highest BCUT2D eigenvalue weighted by atomic mass is 35.5. The number of aromatic nitrogens is 2. The Bertz CT molecular complexity index is 783. The van der Waals surface area contributed by atoms with Gasteiger partial charge in [0.05, 0.1) is 7.11 Å². The Morgan fingerprint density at radius 3 is 2.71 bits per heavy atom. The summed E-state index contributed by atoms with van der Waals surface area (Å²) >= 11 is 6.12. The van der Waals surface area contributed by atoms with E-state index in [0.717, 1.165) is 22.4 Å². The van der Waals surface area contributed by atoms with E-state index < -0.39 is 0 Å². The summed E-state index contributed by atoms with van der Waals surface area (Å²) in [4.78, 5) is 4.40. The predicted molar refractivity (Wildman–Crippen MR) is 81.5 cm³/mol. The van der Waals surface area contributed by atoms with Crippen molar-refractivity contribution >= 4 is 11.6 Å². The van der Waals surface area contributed by atoms with E-state index in [2.05, 4.69) is 10.1 Å². The van der Waals surface area contributed by atoms with Gasteiger partial charge in [0.25, 0.3) is 5.89 Å². The summed E-state index contributed by atoms with van der Waals surface area (Å²) in [6.07, 6.45) is 0. The summed E-state index contributed by atoms with van der Waals surface area (Å²) in [6, 6.07) is 13.2. The summed E-state index contributed by atoms with van der Waals surface area (Å²) in [5, 5.41) is 4.68. The van der Waals surface area contributed by atoms with Crippen LogP contribution in [0.4, 0.5) is 0 Å². The van der Waals surface area contributed by atoms with Crippen molar-refractivity contribution in [1.82, 2.24) is 10.1 Å². The Labute approximate surface area is 127 Å². The molecule has 21 heavy (non-hydrogen) atoms. The maximum Gasteiger partial charge on any atom is 0.258 e. The van der Waals surface area contributed by atoms with Crippen LogP contribution in [0.25, 0.3) is 22.8 Å². The smallest absolute Gasteiger partial charge is 0.258 e. The molecule has 3 rings (SSSR count). The van der Waals surface area contributed by atoms with E-state index in [1.807, 2.05) is 49.4 Å². The van der Waals surface area contributed by atoms with Crippen molar-refractivity contribution in [3.8, 4) is 28.6 Å². The number of hydrogen-bond acceptors (Lipinski definition) is 4. The predicted octanol–water partition coefficient (Wildman–Crippen LogP) is 4.37. The van der Waals surface area contributed by atoms with Crippen molar-refractivity contribution in [3.05, 3.63) is 53.1 Å². The van der Waals surface area contributed by atoms with Crippen molar-refractivity contribution in [1.29, 1.82) is 0 Å². The van der Waals surface area contributed by atoms with Crippen LogP contribution in [0.2, 0.25) is 5.02 Å². The Morgan fingerprint density at radius 1 is 1.10 bits per heavy atom. The zero-order chi connectivity index (χ0) is 14.8. The van der Waals surface area contributed by atoms with Gasteiger partial charge in [-0.25, -0.2) is 0 Å². The fourth-order valence-electron chi connectivity index (χ4n) is 1.95. The van der Waals surface area contributed by atoms with Gasteiger partial charge in [0.15, 0.2) is 0 Å². The van der Waals surface area contributed by atoms with Crippen LogP contribution < -0.4 is 4.74 Å². The first-order chi connectivity index (χ1) is 10.2. The lowest BCUT2D eigenvalue weighted by atomic mass is 10.1. The molecule has 1 heterocycles. The van der Waals surface area contributed by atoms with Crippen LogP contribution in [0.5, 0.6) is 5.75 Å². The van der Waals surface area contributed by atoms with Crippen molar-refractivity contribution in [2.45, 2.75) is 6.92 Å². The van der Waals surface area contributed by atoms with Crippen molar-refractivity contribution < 1.29 is 9.26 Å². The highest BCUT2D eigenvalue weighted by Gasteiger charge is 2.12. The molecule has 5 heteroatoms. The molecule has 106 valence electrons. The van der Waals surface area contributed by atoms with Gasteiger partial charge in [-0.05, 0) is 36.8 Å². The van der Waals surface area contributed by atoms with Crippen molar-refractivity contribution in [2.75, 3.05) is 7.11 Å². The lowest BCUT2D eigenvalue weighted by Gasteiger charge is -2.00. The van der Waals surface area contributed by atoms with Crippen LogP contribution in [-0.4, -0.2) is 17.3 Å². The quantitative estimate of drug-likeness (QED) is 0.720. The number of benzene rings is 2. The van der Waals surface area contributed by atoms with Crippen LogP contribution >= 0.6 is 11.6 Å². The Balaban J connectivity index is 1.97. The second kappa shape index (κ2) is 5.58. The molecule has 4 nitrogen and oxygen atoms in total. The third kappa shape index (κ3) is 2.76. The molecule has 0 aliphatic heterocycles. The lowest BCUT2D eigenvalue weighted by Crippen LogP contribution is -1.85. The molecule has 0 amide bonds. The monoisotopic (exact) mass is 300 g/mol. The summed E-state index contributed by atoms with van der Waals surface area (Å²) < 4.78 is 10.5. The summed E-state index contributed by atoms with van der Waals surface area (Å²) in [5.74, 6) is 1.70. The molecule has 0 N–H and O–H groups in total. The van der Waals surface area contributed by atoms with E-state index in [0.29, 0.717) is 16.7 Å². The van der Waals surface area contributed by atoms with Gasteiger partial charge < -0.3 is 9.26 Å². The molecule has 0 saturated heterocycles. The van der Waals surface area contributed by atoms with Gasteiger partial charge in [-0.2, -0.15) is 4.98 Å². The number of hydrogen-bond donors (Lipinski definition) is 0. The summed E-state index contributed by atoms with van der Waals surface area (Å²) in [5.41, 5.74) is 2.64. The number of rotatable bonds is 3. The second-order valence-electron chi connectivity index (χ2n) is 4.62. The molecule has 0 saturated carbocycles. The molecule has 1 aromatic heterocycles. The van der Waals surface area contributed by atoms with E-state index in [1.54, 1.807) is 7.11 Å². The van der Waals surface area contributed by atoms with E-state index >= 15 is 0 Å². The fourth-order valence-corrected chi connectivity index (χ4v) is 2.13. The normalized spacial score (nSPS) is 10.6. The maximum atomic E-state index is 6.12. The molecule has 0 atom stereocenters. The van der Waals surface area contributed by atoms with Crippen molar-refractivity contribution in [2.24, 2.45) is 0 Å². The molecule has 0 radical (unpaired) electrons. The number of nitrogens with zero attached hydrogens (tertiary/aromatic N) is 2. The van der Waals surface area contributed by atoms with Crippen LogP contribution in [0.15, 0.2) is 47.0 Å². The third-order valence-corrected chi connectivity index (χ3v) is 3.58. The number of halogens is 1. The summed E-state index contributed by atoms with van der Waals surface area (Å²) in [6.45, 7) is 1.95. The molecule has 0 aliphatic rings. The lowest BCUT2D eigenvalue weighted by molar-refractivity contribution is 0.414. The average molecular weight is 301 g/mol. The van der Waals surface area contributed by atoms with Crippen LogP contribution in [0.1, 0.15) is 5.56 Å². The molecule has 3 aromatic rings. The van der Waals surface area contributed by atoms with Gasteiger partial charge >= 0.3 is 0 Å². The molecule has 0 fully saturated rings. The SMILES string of the molecule is COc1cccc(-c2noc(-c3ccc(C)c(Cl)c3)n2)c1. The first kappa shape index (κ1) is 13.6. The van der Waals surface area contributed by atoms with Crippen molar-refractivity contribution in [3.63, 3.8) is 0 Å². The van der Waals surface area contributed by atoms with Gasteiger partial charge in [-0.15, -0.1) is 0 Å². The highest BCUT2D eigenvalue weighted by molar-refractivity contribution is 6.31. The molecular weight excluding hydrogens is 288 g/mol. The van der Waals surface area contributed by atoms with Gasteiger partial charge in [0, 0.05) is 16.1 Å². The zero-order valence-corrected chi connectivity index (χ0v) is 12.4. The minimum absolute atomic E-state index is 0.440. The third-order valence-electron chi connectivity index (χ3n) is 3.17. The van der Waals surface area contributed by atoms with Crippen LogP contribution in [-0.2, 0) is 0 Å². The van der Waals surface area contributed by atoms with E-state index in [-0.39, 0.29) is 0 Å². The summed E-state index contributed by atoms with van der Waals surface area (Å²) in [7, 11) is 1.62. The van der Waals surface area contributed by atoms with Gasteiger partial charge in [-0.1, -0.05) is 35.0 Å². The Morgan fingerprint density at radius 2 is 1.95 bits per heavy atom. The molecular formula is C16H13ClN2O2. The number of methoxy groups -OCH3 is 1. The van der Waals surface area contributed by atoms with E-state index in [1.165, 1.54) is 0 Å². The molecule has 2 aromatic carbocycles. The van der Waals surface area contributed by atoms with Gasteiger partial charge in [-0.3, -0.25) is 0 Å². The van der Waals surface area contributed by atoms with Gasteiger partial charge in [0.1, 0.15) is 5.75 Å². The van der Waals surface area contributed by atoms with E-state index in [9.17, 15) is 0 Å². The maximum absolute atomic E-state index is 6.12. The van der Waals surface area contributed by atoms with Crippen LogP contribution in [0.3, 0.4) is 0 Å². The van der Waals surface area contributed by atoms with Gasteiger partial charge in [0.2, 0.25) is 5.82 Å². The first-order valence-electron chi connectivity index (χ1n) is 6.42. The average Bonchev–Trinajstić information content (AvgIpc) is 3.00. The number of aryl methyl sites for hydroxylation is 1.